The molecule has 1 heterocycles. The van der Waals surface area contributed by atoms with Crippen molar-refractivity contribution in [2.24, 2.45) is 0 Å². The molecule has 4 aromatic rings. The summed E-state index contributed by atoms with van der Waals surface area (Å²) in [5.41, 5.74) is 3.41. The molecule has 0 radical (unpaired) electrons. The lowest BCUT2D eigenvalue weighted by atomic mass is 10.1. The highest BCUT2D eigenvalue weighted by molar-refractivity contribution is 6.06. The smallest absolute Gasteiger partial charge is 0.135 e. The average molecular weight is 284 g/mol. The van der Waals surface area contributed by atoms with Crippen LogP contribution in [0.5, 0.6) is 0 Å². The Labute approximate surface area is 129 Å². The minimum Gasteiger partial charge on any atom is -0.457 e. The molecule has 0 aliphatic carbocycles. The van der Waals surface area contributed by atoms with E-state index in [-0.39, 0.29) is 0 Å². The molecule has 4 rings (SSSR count). The van der Waals surface area contributed by atoms with Crippen LogP contribution in [0.15, 0.2) is 71.1 Å². The van der Waals surface area contributed by atoms with E-state index in [4.69, 9.17) is 4.42 Å². The lowest BCUT2D eigenvalue weighted by Crippen LogP contribution is -1.77. The normalized spacial score (nSPS) is 11.7. The molecule has 0 saturated carbocycles. The van der Waals surface area contributed by atoms with Crippen molar-refractivity contribution < 1.29 is 4.42 Å². The van der Waals surface area contributed by atoms with Crippen LogP contribution < -0.4 is 0 Å². The molecule has 0 spiro atoms. The van der Waals surface area contributed by atoms with E-state index in [2.05, 4.69) is 73.7 Å². The molecule has 1 heteroatoms. The maximum Gasteiger partial charge on any atom is 0.135 e. The fraction of sp³-hybridized carbons (Fsp3) is 0.0476. The van der Waals surface area contributed by atoms with Crippen LogP contribution in [0.25, 0.3) is 33.9 Å². The molecule has 0 unspecified atom stereocenters. The summed E-state index contributed by atoms with van der Waals surface area (Å²) in [5.74, 6) is 0.884. The van der Waals surface area contributed by atoms with Crippen molar-refractivity contribution in [1.82, 2.24) is 0 Å². The number of furan rings is 1. The molecule has 0 bridgehead atoms. The van der Waals surface area contributed by atoms with E-state index in [1.54, 1.807) is 0 Å². The van der Waals surface area contributed by atoms with Crippen LogP contribution in [-0.2, 0) is 0 Å². The highest BCUT2D eigenvalue weighted by Gasteiger charge is 2.05. The second-order valence-electron chi connectivity index (χ2n) is 5.54. The summed E-state index contributed by atoms with van der Waals surface area (Å²) in [7, 11) is 0. The van der Waals surface area contributed by atoms with Gasteiger partial charge in [-0.2, -0.15) is 0 Å². The van der Waals surface area contributed by atoms with Crippen molar-refractivity contribution >= 4 is 33.9 Å². The third-order valence-corrected chi connectivity index (χ3v) is 4.06. The zero-order valence-electron chi connectivity index (χ0n) is 12.4. The summed E-state index contributed by atoms with van der Waals surface area (Å²) in [6.45, 7) is 2.12. The van der Waals surface area contributed by atoms with E-state index in [1.165, 1.54) is 27.3 Å². The molecule has 0 saturated heterocycles. The minimum atomic E-state index is 0.884. The molecule has 0 aliphatic rings. The fourth-order valence-corrected chi connectivity index (χ4v) is 2.84. The van der Waals surface area contributed by atoms with Gasteiger partial charge in [0.1, 0.15) is 11.3 Å². The van der Waals surface area contributed by atoms with Gasteiger partial charge in [0.25, 0.3) is 0 Å². The molecule has 0 N–H and O–H groups in total. The zero-order chi connectivity index (χ0) is 14.9. The van der Waals surface area contributed by atoms with Gasteiger partial charge in [0.15, 0.2) is 0 Å². The van der Waals surface area contributed by atoms with Gasteiger partial charge >= 0.3 is 0 Å². The van der Waals surface area contributed by atoms with Gasteiger partial charge < -0.3 is 4.42 Å². The molecule has 0 amide bonds. The lowest BCUT2D eigenvalue weighted by Gasteiger charge is -1.97. The summed E-state index contributed by atoms with van der Waals surface area (Å²) < 4.78 is 5.95. The first-order chi connectivity index (χ1) is 10.8. The van der Waals surface area contributed by atoms with Crippen LogP contribution in [0.2, 0.25) is 0 Å². The Morgan fingerprint density at radius 2 is 1.59 bits per heavy atom. The Morgan fingerprint density at radius 1 is 0.773 bits per heavy atom. The summed E-state index contributed by atoms with van der Waals surface area (Å²) >= 11 is 0. The minimum absolute atomic E-state index is 0.884. The van der Waals surface area contributed by atoms with Gasteiger partial charge in [0.2, 0.25) is 0 Å². The van der Waals surface area contributed by atoms with Crippen LogP contribution in [-0.4, -0.2) is 0 Å². The maximum atomic E-state index is 5.95. The quantitative estimate of drug-likeness (QED) is 0.435. The Morgan fingerprint density at radius 3 is 2.50 bits per heavy atom. The molecular formula is C21H16O. The SMILES string of the molecule is Cc1ccccc1/C=C/c1cc2c(ccc3ccccc32)o1. The van der Waals surface area contributed by atoms with Crippen molar-refractivity contribution in [1.29, 1.82) is 0 Å². The topological polar surface area (TPSA) is 13.1 Å². The third kappa shape index (κ3) is 2.21. The Balaban J connectivity index is 1.80. The van der Waals surface area contributed by atoms with Gasteiger partial charge in [-0.05, 0) is 47.0 Å². The van der Waals surface area contributed by atoms with E-state index in [9.17, 15) is 0 Å². The lowest BCUT2D eigenvalue weighted by molar-refractivity contribution is 0.605. The number of rotatable bonds is 2. The molecule has 22 heavy (non-hydrogen) atoms. The zero-order valence-corrected chi connectivity index (χ0v) is 12.4. The van der Waals surface area contributed by atoms with Crippen LogP contribution in [0.4, 0.5) is 0 Å². The predicted octanol–water partition coefficient (Wildman–Crippen LogP) is 6.06. The number of aryl methyl sites for hydroxylation is 1. The summed E-state index contributed by atoms with van der Waals surface area (Å²) in [4.78, 5) is 0. The molecule has 0 atom stereocenters. The second-order valence-corrected chi connectivity index (χ2v) is 5.54. The standard InChI is InChI=1S/C21H16O/c1-15-6-2-3-7-16(15)10-12-18-14-20-19-9-5-4-8-17(19)11-13-21(20)22-18/h2-14H,1H3/b12-10+. The van der Waals surface area contributed by atoms with E-state index >= 15 is 0 Å². The first-order valence-corrected chi connectivity index (χ1v) is 7.46. The second kappa shape index (κ2) is 5.19. The highest BCUT2D eigenvalue weighted by Crippen LogP contribution is 2.28. The Kier molecular flexibility index (Phi) is 3.05. The van der Waals surface area contributed by atoms with E-state index in [0.29, 0.717) is 0 Å². The van der Waals surface area contributed by atoms with Crippen molar-refractivity contribution in [3.8, 4) is 0 Å². The van der Waals surface area contributed by atoms with Crippen LogP contribution in [0.3, 0.4) is 0 Å². The van der Waals surface area contributed by atoms with Crippen molar-refractivity contribution in [2.75, 3.05) is 0 Å². The summed E-state index contributed by atoms with van der Waals surface area (Å²) in [5, 5.41) is 3.65. The summed E-state index contributed by atoms with van der Waals surface area (Å²) in [6, 6.07) is 23.0. The number of fused-ring (bicyclic) bond motifs is 3. The molecule has 106 valence electrons. The predicted molar refractivity (Wildman–Crippen MR) is 93.8 cm³/mol. The maximum absolute atomic E-state index is 5.95. The third-order valence-electron chi connectivity index (χ3n) is 4.06. The first-order valence-electron chi connectivity index (χ1n) is 7.46. The average Bonchev–Trinajstić information content (AvgIpc) is 2.98. The van der Waals surface area contributed by atoms with Crippen LogP contribution in [0.1, 0.15) is 16.9 Å². The Hall–Kier alpha value is -2.80. The van der Waals surface area contributed by atoms with E-state index in [1.807, 2.05) is 12.1 Å². The van der Waals surface area contributed by atoms with E-state index < -0.39 is 0 Å². The number of hydrogen-bond acceptors (Lipinski definition) is 1. The van der Waals surface area contributed by atoms with Crippen molar-refractivity contribution in [3.63, 3.8) is 0 Å². The van der Waals surface area contributed by atoms with Gasteiger partial charge in [-0.1, -0.05) is 60.7 Å². The number of benzene rings is 3. The van der Waals surface area contributed by atoms with Gasteiger partial charge in [0.05, 0.1) is 0 Å². The molecule has 0 fully saturated rings. The van der Waals surface area contributed by atoms with Gasteiger partial charge in [-0.3, -0.25) is 0 Å². The van der Waals surface area contributed by atoms with Gasteiger partial charge in [-0.15, -0.1) is 0 Å². The number of hydrogen-bond donors (Lipinski definition) is 0. The molecule has 1 nitrogen and oxygen atoms in total. The molecular weight excluding hydrogens is 268 g/mol. The van der Waals surface area contributed by atoms with Gasteiger partial charge in [0, 0.05) is 5.39 Å². The molecule has 3 aromatic carbocycles. The largest absolute Gasteiger partial charge is 0.457 e. The monoisotopic (exact) mass is 284 g/mol. The van der Waals surface area contributed by atoms with E-state index in [0.717, 1.165) is 11.3 Å². The first kappa shape index (κ1) is 12.9. The van der Waals surface area contributed by atoms with Crippen LogP contribution in [0, 0.1) is 6.92 Å². The fourth-order valence-electron chi connectivity index (χ4n) is 2.84. The molecule has 0 aliphatic heterocycles. The van der Waals surface area contributed by atoms with Gasteiger partial charge in [-0.25, -0.2) is 0 Å². The van der Waals surface area contributed by atoms with Crippen molar-refractivity contribution in [3.05, 3.63) is 83.6 Å². The van der Waals surface area contributed by atoms with Crippen LogP contribution >= 0.6 is 0 Å². The molecule has 1 aromatic heterocycles. The Bertz CT molecular complexity index is 989. The van der Waals surface area contributed by atoms with Crippen molar-refractivity contribution in [2.45, 2.75) is 6.92 Å². The summed E-state index contributed by atoms with van der Waals surface area (Å²) in [6.07, 6.45) is 4.15. The highest BCUT2D eigenvalue weighted by atomic mass is 16.3.